The highest BCUT2D eigenvalue weighted by atomic mass is 32.2. The van der Waals surface area contributed by atoms with Crippen LogP contribution < -0.4 is 5.32 Å². The molecule has 1 fully saturated rings. The average molecular weight is 450 g/mol. The van der Waals surface area contributed by atoms with Crippen molar-refractivity contribution in [2.75, 3.05) is 18.4 Å². The fourth-order valence-electron chi connectivity index (χ4n) is 3.74. The predicted molar refractivity (Wildman–Crippen MR) is 108 cm³/mol. The monoisotopic (exact) mass is 450 g/mol. The van der Waals surface area contributed by atoms with E-state index in [2.05, 4.69) is 20.6 Å². The van der Waals surface area contributed by atoms with Gasteiger partial charge in [-0.15, -0.1) is 0 Å². The summed E-state index contributed by atoms with van der Waals surface area (Å²) in [6.45, 7) is 0.0223. The number of fused-ring (bicyclic) bond motifs is 1. The molecule has 1 aliphatic rings. The molecule has 0 radical (unpaired) electrons. The number of nitrogens with one attached hydrogen (secondary N) is 1. The third-order valence-electron chi connectivity index (χ3n) is 5.49. The summed E-state index contributed by atoms with van der Waals surface area (Å²) >= 11 is 0. The standard InChI is InChI=1S/C19H20F2N6O3S/c1-26-16-3-2-4-17(15(16)12-24-26)31(29,30)19(20,21)13-6-9-27(10-7-13)18(28)25-14-5-8-22-23-11-14/h2-5,8,11-13H,6-7,9-10H2,1H3,(H,22,25,28). The summed E-state index contributed by atoms with van der Waals surface area (Å²) in [5, 5.41) is 10.0. The van der Waals surface area contributed by atoms with E-state index < -0.39 is 31.9 Å². The van der Waals surface area contributed by atoms with Crippen molar-refractivity contribution < 1.29 is 22.0 Å². The van der Waals surface area contributed by atoms with Gasteiger partial charge >= 0.3 is 11.3 Å². The van der Waals surface area contributed by atoms with Crippen molar-refractivity contribution in [1.82, 2.24) is 24.9 Å². The number of hydrogen-bond acceptors (Lipinski definition) is 6. The number of hydrogen-bond donors (Lipinski definition) is 1. The molecule has 4 rings (SSSR count). The molecule has 3 aromatic rings. The SMILES string of the molecule is Cn1ncc2c(S(=O)(=O)C(F)(F)C3CCN(C(=O)Nc4ccnnc4)CC3)cccc21. The topological polar surface area (TPSA) is 110 Å². The van der Waals surface area contributed by atoms with Crippen LogP contribution in [0.2, 0.25) is 0 Å². The summed E-state index contributed by atoms with van der Waals surface area (Å²) in [7, 11) is -3.35. The smallest absolute Gasteiger partial charge is 0.325 e. The minimum absolute atomic E-state index is 0.0111. The zero-order valence-electron chi connectivity index (χ0n) is 16.6. The number of rotatable bonds is 4. The Morgan fingerprint density at radius 2 is 1.90 bits per heavy atom. The van der Waals surface area contributed by atoms with Crippen molar-refractivity contribution in [3.63, 3.8) is 0 Å². The first kappa shape index (κ1) is 21.1. The minimum Gasteiger partial charge on any atom is -0.325 e. The Bertz CT molecular complexity index is 1210. The number of halogens is 2. The normalized spacial score (nSPS) is 15.9. The first-order chi connectivity index (χ1) is 14.7. The largest absolute Gasteiger partial charge is 0.352 e. The maximum atomic E-state index is 15.2. The van der Waals surface area contributed by atoms with Crippen LogP contribution >= 0.6 is 0 Å². The number of benzene rings is 1. The van der Waals surface area contributed by atoms with Gasteiger partial charge in [0.2, 0.25) is 9.84 Å². The van der Waals surface area contributed by atoms with Crippen LogP contribution in [0.15, 0.2) is 47.8 Å². The zero-order chi connectivity index (χ0) is 22.2. The molecule has 0 saturated carbocycles. The van der Waals surface area contributed by atoms with Crippen molar-refractivity contribution in [2.45, 2.75) is 23.0 Å². The second kappa shape index (κ2) is 7.84. The average Bonchev–Trinajstić information content (AvgIpc) is 3.15. The highest BCUT2D eigenvalue weighted by molar-refractivity contribution is 7.92. The quantitative estimate of drug-likeness (QED) is 0.654. The number of amides is 2. The molecule has 31 heavy (non-hydrogen) atoms. The number of sulfone groups is 1. The van der Waals surface area contributed by atoms with Crippen molar-refractivity contribution >= 4 is 32.5 Å². The Labute approximate surface area is 177 Å². The van der Waals surface area contributed by atoms with Gasteiger partial charge in [0, 0.05) is 31.4 Å². The number of aromatic nitrogens is 4. The van der Waals surface area contributed by atoms with Gasteiger partial charge in [-0.25, -0.2) is 13.2 Å². The molecule has 1 aliphatic heterocycles. The summed E-state index contributed by atoms with van der Waals surface area (Å²) in [6.07, 6.45) is 3.77. The molecule has 0 atom stereocenters. The number of urea groups is 1. The van der Waals surface area contributed by atoms with Gasteiger partial charge < -0.3 is 10.2 Å². The maximum Gasteiger partial charge on any atom is 0.352 e. The summed E-state index contributed by atoms with van der Waals surface area (Å²) < 4.78 is 57.8. The van der Waals surface area contributed by atoms with Crippen molar-refractivity contribution in [1.29, 1.82) is 0 Å². The third kappa shape index (κ3) is 3.71. The lowest BCUT2D eigenvalue weighted by molar-refractivity contribution is 0.000492. The van der Waals surface area contributed by atoms with Crippen LogP contribution in [0.1, 0.15) is 12.8 Å². The minimum atomic E-state index is -4.96. The van der Waals surface area contributed by atoms with E-state index in [0.29, 0.717) is 11.2 Å². The van der Waals surface area contributed by atoms with Crippen LogP contribution in [-0.4, -0.2) is 57.7 Å². The van der Waals surface area contributed by atoms with E-state index in [1.165, 1.54) is 40.3 Å². The van der Waals surface area contributed by atoms with Gasteiger partial charge in [0.15, 0.2) is 0 Å². The van der Waals surface area contributed by atoms with E-state index >= 15 is 8.78 Å². The summed E-state index contributed by atoms with van der Waals surface area (Å²) in [5.41, 5.74) is 0.883. The van der Waals surface area contributed by atoms with E-state index in [1.54, 1.807) is 19.2 Å². The van der Waals surface area contributed by atoms with Gasteiger partial charge in [-0.2, -0.15) is 24.1 Å². The fraction of sp³-hybridized carbons (Fsp3) is 0.368. The van der Waals surface area contributed by atoms with Crippen molar-refractivity contribution in [3.05, 3.63) is 42.9 Å². The molecule has 0 bridgehead atoms. The molecule has 164 valence electrons. The van der Waals surface area contributed by atoms with Crippen LogP contribution in [0, 0.1) is 5.92 Å². The molecule has 1 aromatic carbocycles. The summed E-state index contributed by atoms with van der Waals surface area (Å²) in [6, 6.07) is 5.32. The van der Waals surface area contributed by atoms with E-state index in [1.807, 2.05) is 0 Å². The number of aryl methyl sites for hydroxylation is 1. The van der Waals surface area contributed by atoms with Crippen LogP contribution in [0.4, 0.5) is 19.3 Å². The number of nitrogens with zero attached hydrogens (tertiary/aromatic N) is 5. The first-order valence-corrected chi connectivity index (χ1v) is 11.1. The highest BCUT2D eigenvalue weighted by Crippen LogP contribution is 2.42. The first-order valence-electron chi connectivity index (χ1n) is 9.57. The Balaban J connectivity index is 1.50. The van der Waals surface area contributed by atoms with Gasteiger partial charge in [0.25, 0.3) is 0 Å². The lowest BCUT2D eigenvalue weighted by Crippen LogP contribution is -2.47. The molecule has 2 aromatic heterocycles. The number of anilines is 1. The number of piperidine rings is 1. The lowest BCUT2D eigenvalue weighted by atomic mass is 9.97. The van der Waals surface area contributed by atoms with Crippen LogP contribution in [0.25, 0.3) is 10.9 Å². The lowest BCUT2D eigenvalue weighted by Gasteiger charge is -2.35. The van der Waals surface area contributed by atoms with E-state index in [4.69, 9.17) is 0 Å². The molecular weight excluding hydrogens is 430 g/mol. The maximum absolute atomic E-state index is 15.2. The molecule has 3 heterocycles. The van der Waals surface area contributed by atoms with Gasteiger partial charge in [0.05, 0.1) is 34.7 Å². The molecule has 0 unspecified atom stereocenters. The van der Waals surface area contributed by atoms with Crippen molar-refractivity contribution in [2.24, 2.45) is 13.0 Å². The Morgan fingerprint density at radius 3 is 2.58 bits per heavy atom. The summed E-state index contributed by atoms with van der Waals surface area (Å²) in [4.78, 5) is 13.3. The predicted octanol–water partition coefficient (Wildman–Crippen LogP) is 2.67. The molecule has 12 heteroatoms. The van der Waals surface area contributed by atoms with Gasteiger partial charge in [-0.3, -0.25) is 4.68 Å². The Hall–Kier alpha value is -3.15. The Morgan fingerprint density at radius 1 is 1.16 bits per heavy atom. The number of alkyl halides is 2. The van der Waals surface area contributed by atoms with Crippen LogP contribution in [0.3, 0.4) is 0 Å². The second-order valence-electron chi connectivity index (χ2n) is 7.34. The van der Waals surface area contributed by atoms with Gasteiger partial charge in [0.1, 0.15) is 0 Å². The second-order valence-corrected chi connectivity index (χ2v) is 9.34. The van der Waals surface area contributed by atoms with Crippen molar-refractivity contribution in [3.8, 4) is 0 Å². The molecule has 1 saturated heterocycles. The fourth-order valence-corrected chi connectivity index (χ4v) is 5.41. The zero-order valence-corrected chi connectivity index (χ0v) is 17.4. The molecule has 0 aliphatic carbocycles. The molecule has 0 spiro atoms. The number of carbonyl (C=O) groups excluding carboxylic acids is 1. The van der Waals surface area contributed by atoms with Gasteiger partial charge in [-0.05, 0) is 31.0 Å². The van der Waals surface area contributed by atoms with E-state index in [9.17, 15) is 13.2 Å². The van der Waals surface area contributed by atoms with E-state index in [-0.39, 0.29) is 31.3 Å². The van der Waals surface area contributed by atoms with Crippen LogP contribution in [0.5, 0.6) is 0 Å². The molecule has 2 amide bonds. The summed E-state index contributed by atoms with van der Waals surface area (Å²) in [5.74, 6) is -1.41. The Kier molecular flexibility index (Phi) is 5.33. The van der Waals surface area contributed by atoms with Crippen LogP contribution in [-0.2, 0) is 16.9 Å². The molecular formula is C19H20F2N6O3S. The molecule has 9 nitrogen and oxygen atoms in total. The molecule has 1 N–H and O–H groups in total. The number of carbonyl (C=O) groups is 1. The number of likely N-dealkylation sites (tertiary alicyclic amines) is 1. The van der Waals surface area contributed by atoms with Gasteiger partial charge in [-0.1, -0.05) is 6.07 Å². The third-order valence-corrected chi connectivity index (χ3v) is 7.48. The highest BCUT2D eigenvalue weighted by Gasteiger charge is 2.53. The van der Waals surface area contributed by atoms with E-state index in [0.717, 1.165) is 0 Å².